The number of methoxy groups -OCH3 is 1. The minimum atomic E-state index is -4.21. The minimum Gasteiger partial charge on any atom is -0.469 e. The molecule has 6 heteroatoms. The highest BCUT2D eigenvalue weighted by molar-refractivity contribution is 9.09. The van der Waals surface area contributed by atoms with Crippen molar-refractivity contribution in [2.45, 2.75) is 19.0 Å². The van der Waals surface area contributed by atoms with Crippen LogP contribution in [-0.2, 0) is 9.53 Å². The van der Waals surface area contributed by atoms with Crippen molar-refractivity contribution >= 4 is 21.9 Å². The summed E-state index contributed by atoms with van der Waals surface area (Å²) in [6, 6.07) is 0. The van der Waals surface area contributed by atoms with E-state index in [1.54, 1.807) is 0 Å². The molecule has 0 fully saturated rings. The van der Waals surface area contributed by atoms with Crippen molar-refractivity contribution < 1.29 is 22.7 Å². The van der Waals surface area contributed by atoms with Crippen molar-refractivity contribution in [3.8, 4) is 0 Å². The molecular formula is C7H10BrF3O2. The highest BCUT2D eigenvalue weighted by Crippen LogP contribution is 2.25. The zero-order valence-corrected chi connectivity index (χ0v) is 8.61. The van der Waals surface area contributed by atoms with Crippen LogP contribution in [-0.4, -0.2) is 24.6 Å². The third kappa shape index (κ3) is 5.90. The Morgan fingerprint density at radius 1 is 1.54 bits per heavy atom. The van der Waals surface area contributed by atoms with Crippen LogP contribution in [0, 0.1) is 5.92 Å². The lowest BCUT2D eigenvalue weighted by molar-refractivity contribution is -0.150. The van der Waals surface area contributed by atoms with Crippen molar-refractivity contribution in [2.75, 3.05) is 12.4 Å². The maximum atomic E-state index is 11.8. The Morgan fingerprint density at radius 3 is 2.38 bits per heavy atom. The average molecular weight is 263 g/mol. The Morgan fingerprint density at radius 2 is 2.08 bits per heavy atom. The van der Waals surface area contributed by atoms with Gasteiger partial charge in [-0.2, -0.15) is 13.2 Å². The third-order valence-corrected chi connectivity index (χ3v) is 2.28. The number of halogens is 4. The van der Waals surface area contributed by atoms with Crippen molar-refractivity contribution in [1.82, 2.24) is 0 Å². The van der Waals surface area contributed by atoms with Crippen LogP contribution < -0.4 is 0 Å². The maximum Gasteiger partial charge on any atom is 0.389 e. The third-order valence-electron chi connectivity index (χ3n) is 1.50. The van der Waals surface area contributed by atoms with E-state index in [-0.39, 0.29) is 11.8 Å². The topological polar surface area (TPSA) is 26.3 Å². The van der Waals surface area contributed by atoms with Crippen molar-refractivity contribution in [2.24, 2.45) is 5.92 Å². The van der Waals surface area contributed by atoms with E-state index in [1.165, 1.54) is 0 Å². The van der Waals surface area contributed by atoms with Gasteiger partial charge in [-0.15, -0.1) is 0 Å². The molecule has 0 aromatic rings. The summed E-state index contributed by atoms with van der Waals surface area (Å²) in [6.07, 6.45) is -5.41. The van der Waals surface area contributed by atoms with Gasteiger partial charge in [-0.3, -0.25) is 4.79 Å². The zero-order chi connectivity index (χ0) is 10.5. The Kier molecular flexibility index (Phi) is 5.36. The van der Waals surface area contributed by atoms with Gasteiger partial charge in [-0.25, -0.2) is 0 Å². The lowest BCUT2D eigenvalue weighted by Crippen LogP contribution is -2.20. The molecule has 13 heavy (non-hydrogen) atoms. The number of hydrogen-bond donors (Lipinski definition) is 0. The fourth-order valence-corrected chi connectivity index (χ4v) is 1.35. The number of carbonyl (C=O) groups is 1. The number of alkyl halides is 4. The molecule has 0 aromatic carbocycles. The van der Waals surface area contributed by atoms with Gasteiger partial charge in [-0.05, 0) is 6.42 Å². The van der Waals surface area contributed by atoms with Gasteiger partial charge in [0.05, 0.1) is 13.0 Å². The molecule has 0 N–H and O–H groups in total. The fourth-order valence-electron chi connectivity index (χ4n) is 0.763. The number of rotatable bonds is 4. The van der Waals surface area contributed by atoms with Gasteiger partial charge in [0.1, 0.15) is 0 Å². The molecule has 0 rings (SSSR count). The van der Waals surface area contributed by atoms with Crippen molar-refractivity contribution in [3.63, 3.8) is 0 Å². The SMILES string of the molecule is COC(=O)C(CBr)CCC(F)(F)F. The Hall–Kier alpha value is -0.260. The summed E-state index contributed by atoms with van der Waals surface area (Å²) in [5.74, 6) is -1.33. The lowest BCUT2D eigenvalue weighted by Gasteiger charge is -2.12. The average Bonchev–Trinajstić information content (AvgIpc) is 2.03. The van der Waals surface area contributed by atoms with Crippen LogP contribution in [0.25, 0.3) is 0 Å². The van der Waals surface area contributed by atoms with E-state index in [1.807, 2.05) is 0 Å². The van der Waals surface area contributed by atoms with Crippen LogP contribution in [0.1, 0.15) is 12.8 Å². The number of ether oxygens (including phenoxy) is 1. The molecule has 0 aromatic heterocycles. The summed E-state index contributed by atoms with van der Waals surface area (Å²) < 4.78 is 39.6. The number of esters is 1. The van der Waals surface area contributed by atoms with Crippen molar-refractivity contribution in [1.29, 1.82) is 0 Å². The summed E-state index contributed by atoms with van der Waals surface area (Å²) in [5, 5.41) is 0.190. The molecular weight excluding hydrogens is 253 g/mol. The minimum absolute atomic E-state index is 0.190. The van der Waals surface area contributed by atoms with Gasteiger partial charge in [0, 0.05) is 11.8 Å². The van der Waals surface area contributed by atoms with Gasteiger partial charge in [-0.1, -0.05) is 15.9 Å². The van der Waals surface area contributed by atoms with Crippen LogP contribution >= 0.6 is 15.9 Å². The van der Waals surface area contributed by atoms with Crippen LogP contribution in [0.4, 0.5) is 13.2 Å². The first-order chi connectivity index (χ1) is 5.90. The smallest absolute Gasteiger partial charge is 0.389 e. The summed E-state index contributed by atoms with van der Waals surface area (Å²) in [4.78, 5) is 10.8. The monoisotopic (exact) mass is 262 g/mol. The molecule has 1 atom stereocenters. The molecule has 0 amide bonds. The normalized spacial score (nSPS) is 13.9. The molecule has 0 heterocycles. The molecule has 0 aliphatic carbocycles. The zero-order valence-electron chi connectivity index (χ0n) is 7.03. The van der Waals surface area contributed by atoms with E-state index in [0.717, 1.165) is 7.11 Å². The summed E-state index contributed by atoms with van der Waals surface area (Å²) >= 11 is 2.96. The molecule has 0 aliphatic heterocycles. The molecule has 78 valence electrons. The first-order valence-electron chi connectivity index (χ1n) is 3.61. The van der Waals surface area contributed by atoms with Crippen molar-refractivity contribution in [3.05, 3.63) is 0 Å². The molecule has 1 unspecified atom stereocenters. The Balaban J connectivity index is 3.93. The second kappa shape index (κ2) is 5.47. The highest BCUT2D eigenvalue weighted by atomic mass is 79.9. The van der Waals surface area contributed by atoms with Gasteiger partial charge in [0.25, 0.3) is 0 Å². The molecule has 0 spiro atoms. The largest absolute Gasteiger partial charge is 0.469 e. The summed E-state index contributed by atoms with van der Waals surface area (Å²) in [5.41, 5.74) is 0. The second-order valence-corrected chi connectivity index (χ2v) is 3.18. The quantitative estimate of drug-likeness (QED) is 0.575. The van der Waals surface area contributed by atoms with E-state index in [9.17, 15) is 18.0 Å². The van der Waals surface area contributed by atoms with E-state index in [2.05, 4.69) is 20.7 Å². The predicted octanol–water partition coefficient (Wildman–Crippen LogP) is 2.51. The van der Waals surface area contributed by atoms with Crippen LogP contribution in [0.2, 0.25) is 0 Å². The molecule has 0 aliphatic rings. The summed E-state index contributed by atoms with van der Waals surface area (Å²) in [6.45, 7) is 0. The van der Waals surface area contributed by atoms with E-state index in [0.29, 0.717) is 0 Å². The number of carbonyl (C=O) groups excluding carboxylic acids is 1. The highest BCUT2D eigenvalue weighted by Gasteiger charge is 2.30. The Bertz CT molecular complexity index is 170. The van der Waals surface area contributed by atoms with Gasteiger partial charge < -0.3 is 4.74 Å². The molecule has 0 radical (unpaired) electrons. The van der Waals surface area contributed by atoms with Gasteiger partial charge in [0.15, 0.2) is 0 Å². The van der Waals surface area contributed by atoms with E-state index >= 15 is 0 Å². The standard InChI is InChI=1S/C7H10BrF3O2/c1-13-6(12)5(4-8)2-3-7(9,10)11/h5H,2-4H2,1H3. The van der Waals surface area contributed by atoms with Crippen LogP contribution in [0.5, 0.6) is 0 Å². The molecule has 0 saturated carbocycles. The van der Waals surface area contributed by atoms with Gasteiger partial charge >= 0.3 is 12.1 Å². The molecule has 2 nitrogen and oxygen atoms in total. The first-order valence-corrected chi connectivity index (χ1v) is 4.73. The van der Waals surface area contributed by atoms with E-state index < -0.39 is 24.5 Å². The maximum absolute atomic E-state index is 11.8. The molecule has 0 saturated heterocycles. The predicted molar refractivity (Wildman–Crippen MR) is 44.6 cm³/mol. The van der Waals surface area contributed by atoms with Crippen LogP contribution in [0.15, 0.2) is 0 Å². The molecule has 0 bridgehead atoms. The van der Waals surface area contributed by atoms with Gasteiger partial charge in [0.2, 0.25) is 0 Å². The number of hydrogen-bond acceptors (Lipinski definition) is 2. The first kappa shape index (κ1) is 12.7. The van der Waals surface area contributed by atoms with E-state index in [4.69, 9.17) is 0 Å². The van der Waals surface area contributed by atoms with Crippen LogP contribution in [0.3, 0.4) is 0 Å². The fraction of sp³-hybridized carbons (Fsp3) is 0.857. The lowest BCUT2D eigenvalue weighted by atomic mass is 10.1. The summed E-state index contributed by atoms with van der Waals surface area (Å²) in [7, 11) is 1.16. The second-order valence-electron chi connectivity index (χ2n) is 2.53. The Labute approximate surface area is 82.6 Å².